The maximum Gasteiger partial charge on any atom is 0.222 e. The number of carbonyl (C=O) groups excluding carboxylic acids is 1. The number of rotatable bonds is 6. The van der Waals surface area contributed by atoms with Gasteiger partial charge < -0.3 is 20.1 Å². The van der Waals surface area contributed by atoms with Gasteiger partial charge in [0.05, 0.1) is 13.2 Å². The van der Waals surface area contributed by atoms with Crippen LogP contribution in [0.4, 0.5) is 0 Å². The van der Waals surface area contributed by atoms with Crippen molar-refractivity contribution in [1.29, 1.82) is 0 Å². The van der Waals surface area contributed by atoms with E-state index in [1.54, 1.807) is 4.90 Å². The number of amides is 1. The molecule has 0 radical (unpaired) electrons. The Balaban J connectivity index is 1.85. The Hall–Kier alpha value is -1.75. The molecule has 1 aliphatic heterocycles. The van der Waals surface area contributed by atoms with Crippen LogP contribution >= 0.6 is 0 Å². The maximum absolute atomic E-state index is 11.7. The Kier molecular flexibility index (Phi) is 5.24. The standard InChI is InChI=1S/C15H22N2O3/c1-2-19-13-5-3-4-6-14(13)20-10-9-17-11-12(16)7-8-15(17)18/h3-6,12H,2,7-11,16H2,1H3. The SMILES string of the molecule is CCOc1ccccc1OCCN1CC(N)CCC1=O. The van der Waals surface area contributed by atoms with E-state index in [0.29, 0.717) is 38.5 Å². The number of nitrogens with zero attached hydrogens (tertiary/aromatic N) is 1. The summed E-state index contributed by atoms with van der Waals surface area (Å²) in [5.74, 6) is 1.60. The van der Waals surface area contributed by atoms with Crippen LogP contribution < -0.4 is 15.2 Å². The van der Waals surface area contributed by atoms with Crippen LogP contribution in [0, 0.1) is 0 Å². The van der Waals surface area contributed by atoms with Crippen molar-refractivity contribution in [3.8, 4) is 11.5 Å². The first-order valence-electron chi connectivity index (χ1n) is 7.08. The first kappa shape index (κ1) is 14.7. The smallest absolute Gasteiger partial charge is 0.222 e. The van der Waals surface area contributed by atoms with Gasteiger partial charge in [0, 0.05) is 19.0 Å². The highest BCUT2D eigenvalue weighted by molar-refractivity contribution is 5.77. The minimum absolute atomic E-state index is 0.0865. The van der Waals surface area contributed by atoms with Crippen molar-refractivity contribution >= 4 is 5.91 Å². The lowest BCUT2D eigenvalue weighted by Crippen LogP contribution is -2.47. The molecule has 5 nitrogen and oxygen atoms in total. The van der Waals surface area contributed by atoms with Gasteiger partial charge in [-0.25, -0.2) is 0 Å². The highest BCUT2D eigenvalue weighted by Crippen LogP contribution is 2.26. The van der Waals surface area contributed by atoms with Crippen molar-refractivity contribution < 1.29 is 14.3 Å². The highest BCUT2D eigenvalue weighted by Gasteiger charge is 2.22. The van der Waals surface area contributed by atoms with Crippen molar-refractivity contribution in [2.45, 2.75) is 25.8 Å². The molecule has 1 saturated heterocycles. The number of carbonyl (C=O) groups is 1. The summed E-state index contributed by atoms with van der Waals surface area (Å²) in [4.78, 5) is 13.5. The normalized spacial score (nSPS) is 19.0. The van der Waals surface area contributed by atoms with E-state index in [1.807, 2.05) is 31.2 Å². The molecule has 1 amide bonds. The summed E-state index contributed by atoms with van der Waals surface area (Å²) in [6.45, 7) is 4.16. The first-order valence-corrected chi connectivity index (χ1v) is 7.08. The zero-order valence-corrected chi connectivity index (χ0v) is 11.9. The number of likely N-dealkylation sites (tertiary alicyclic amines) is 1. The van der Waals surface area contributed by atoms with E-state index in [1.165, 1.54) is 0 Å². The lowest BCUT2D eigenvalue weighted by atomic mass is 10.1. The number of piperidine rings is 1. The average molecular weight is 278 g/mol. The Morgan fingerprint density at radius 1 is 1.30 bits per heavy atom. The molecule has 1 aromatic carbocycles. The van der Waals surface area contributed by atoms with Gasteiger partial charge in [0.2, 0.25) is 5.91 Å². The molecule has 1 heterocycles. The number of para-hydroxylation sites is 2. The number of hydrogen-bond donors (Lipinski definition) is 1. The second-order valence-corrected chi connectivity index (χ2v) is 4.87. The number of benzene rings is 1. The van der Waals surface area contributed by atoms with Crippen LogP contribution in [0.25, 0.3) is 0 Å². The van der Waals surface area contributed by atoms with Crippen LogP contribution in [-0.4, -0.2) is 43.2 Å². The monoisotopic (exact) mass is 278 g/mol. The van der Waals surface area contributed by atoms with E-state index in [9.17, 15) is 4.79 Å². The first-order chi connectivity index (χ1) is 9.70. The molecule has 1 aromatic rings. The van der Waals surface area contributed by atoms with Crippen molar-refractivity contribution in [2.75, 3.05) is 26.3 Å². The Morgan fingerprint density at radius 2 is 2.00 bits per heavy atom. The molecule has 0 saturated carbocycles. The summed E-state index contributed by atoms with van der Waals surface area (Å²) < 4.78 is 11.2. The predicted molar refractivity (Wildman–Crippen MR) is 76.9 cm³/mol. The molecule has 2 N–H and O–H groups in total. The van der Waals surface area contributed by atoms with Gasteiger partial charge in [-0.15, -0.1) is 0 Å². The van der Waals surface area contributed by atoms with E-state index in [2.05, 4.69) is 0 Å². The largest absolute Gasteiger partial charge is 0.490 e. The molecular weight excluding hydrogens is 256 g/mol. The Morgan fingerprint density at radius 3 is 2.70 bits per heavy atom. The van der Waals surface area contributed by atoms with Crippen molar-refractivity contribution in [3.63, 3.8) is 0 Å². The lowest BCUT2D eigenvalue weighted by molar-refractivity contribution is -0.134. The molecule has 5 heteroatoms. The van der Waals surface area contributed by atoms with Crippen LogP contribution in [0.15, 0.2) is 24.3 Å². The summed E-state index contributed by atoms with van der Waals surface area (Å²) in [5.41, 5.74) is 5.88. The molecule has 0 aromatic heterocycles. The molecule has 2 rings (SSSR count). The summed E-state index contributed by atoms with van der Waals surface area (Å²) >= 11 is 0. The van der Waals surface area contributed by atoms with E-state index in [4.69, 9.17) is 15.2 Å². The second-order valence-electron chi connectivity index (χ2n) is 4.87. The summed E-state index contributed by atoms with van der Waals surface area (Å²) in [6, 6.07) is 7.64. The number of ether oxygens (including phenoxy) is 2. The van der Waals surface area contributed by atoms with Crippen molar-refractivity contribution in [3.05, 3.63) is 24.3 Å². The van der Waals surface area contributed by atoms with E-state index in [0.717, 1.165) is 12.2 Å². The van der Waals surface area contributed by atoms with Crippen molar-refractivity contribution in [1.82, 2.24) is 4.90 Å². The van der Waals surface area contributed by atoms with Gasteiger partial charge in [0.25, 0.3) is 0 Å². The average Bonchev–Trinajstić information content (AvgIpc) is 2.45. The number of nitrogens with two attached hydrogens (primary N) is 1. The minimum Gasteiger partial charge on any atom is -0.490 e. The third kappa shape index (κ3) is 3.87. The zero-order chi connectivity index (χ0) is 14.4. The van der Waals surface area contributed by atoms with Gasteiger partial charge >= 0.3 is 0 Å². The number of hydrogen-bond acceptors (Lipinski definition) is 4. The van der Waals surface area contributed by atoms with E-state index >= 15 is 0 Å². The zero-order valence-electron chi connectivity index (χ0n) is 11.9. The highest BCUT2D eigenvalue weighted by atomic mass is 16.5. The van der Waals surface area contributed by atoms with Crippen LogP contribution in [0.5, 0.6) is 11.5 Å². The third-order valence-electron chi connectivity index (χ3n) is 3.30. The fraction of sp³-hybridized carbons (Fsp3) is 0.533. The molecular formula is C15H22N2O3. The van der Waals surface area contributed by atoms with Gasteiger partial charge in [0.1, 0.15) is 6.61 Å². The van der Waals surface area contributed by atoms with Crippen molar-refractivity contribution in [2.24, 2.45) is 5.73 Å². The molecule has 1 fully saturated rings. The van der Waals surface area contributed by atoms with Gasteiger partial charge in [-0.3, -0.25) is 4.79 Å². The quantitative estimate of drug-likeness (QED) is 0.854. The van der Waals surface area contributed by atoms with E-state index in [-0.39, 0.29) is 11.9 Å². The summed E-state index contributed by atoms with van der Waals surface area (Å²) in [7, 11) is 0. The summed E-state index contributed by atoms with van der Waals surface area (Å²) in [6.07, 6.45) is 1.32. The van der Waals surface area contributed by atoms with Gasteiger partial charge in [0.15, 0.2) is 11.5 Å². The van der Waals surface area contributed by atoms with Gasteiger partial charge in [-0.2, -0.15) is 0 Å². The Labute approximate surface area is 119 Å². The minimum atomic E-state index is 0.0865. The fourth-order valence-electron chi connectivity index (χ4n) is 2.27. The second kappa shape index (κ2) is 7.14. The molecule has 0 bridgehead atoms. The molecule has 1 aliphatic rings. The molecule has 20 heavy (non-hydrogen) atoms. The molecule has 1 atom stereocenters. The van der Waals surface area contributed by atoms with Gasteiger partial charge in [-0.1, -0.05) is 12.1 Å². The van der Waals surface area contributed by atoms with Crippen LogP contribution in [0.2, 0.25) is 0 Å². The van der Waals surface area contributed by atoms with Gasteiger partial charge in [-0.05, 0) is 25.5 Å². The maximum atomic E-state index is 11.7. The molecule has 1 unspecified atom stereocenters. The molecule has 0 aliphatic carbocycles. The van der Waals surface area contributed by atoms with Crippen LogP contribution in [0.1, 0.15) is 19.8 Å². The molecule has 0 spiro atoms. The van der Waals surface area contributed by atoms with Crippen LogP contribution in [-0.2, 0) is 4.79 Å². The van der Waals surface area contributed by atoms with Crippen LogP contribution in [0.3, 0.4) is 0 Å². The Bertz CT molecular complexity index is 450. The lowest BCUT2D eigenvalue weighted by Gasteiger charge is -2.30. The summed E-state index contributed by atoms with van der Waals surface area (Å²) in [5, 5.41) is 0. The predicted octanol–water partition coefficient (Wildman–Crippen LogP) is 1.41. The third-order valence-corrected chi connectivity index (χ3v) is 3.30. The topological polar surface area (TPSA) is 64.8 Å². The molecule has 110 valence electrons. The fourth-order valence-corrected chi connectivity index (χ4v) is 2.27. The van der Waals surface area contributed by atoms with E-state index < -0.39 is 0 Å².